The predicted octanol–water partition coefficient (Wildman–Crippen LogP) is 4.45. The van der Waals surface area contributed by atoms with Crippen molar-refractivity contribution in [3.05, 3.63) is 57.9 Å². The molecule has 1 N–H and O–H groups in total. The second-order valence-corrected chi connectivity index (χ2v) is 6.81. The molecule has 0 saturated heterocycles. The average molecular weight is 391 g/mol. The quantitative estimate of drug-likeness (QED) is 0.782. The maximum Gasteiger partial charge on any atom is 0.271 e. The lowest BCUT2D eigenvalue weighted by atomic mass is 9.93. The van der Waals surface area contributed by atoms with Gasteiger partial charge in [-0.3, -0.25) is 4.79 Å². The summed E-state index contributed by atoms with van der Waals surface area (Å²) in [5.74, 6) is 0.409. The Morgan fingerprint density at radius 1 is 1.19 bits per heavy atom. The van der Waals surface area contributed by atoms with E-state index >= 15 is 0 Å². The van der Waals surface area contributed by atoms with Crippen LogP contribution in [0.2, 0.25) is 10.2 Å². The summed E-state index contributed by atoms with van der Waals surface area (Å²) in [6, 6.07) is 5.16. The molecule has 1 aliphatic rings. The molecule has 0 unspecified atom stereocenters. The minimum atomic E-state index is -0.250. The molecule has 1 aromatic heterocycles. The molecule has 2 aromatic rings. The number of carbonyl (C=O) groups excluding carboxylic acids is 1. The first-order valence-electron chi connectivity index (χ1n) is 8.17. The number of benzene rings is 1. The van der Waals surface area contributed by atoms with Crippen molar-refractivity contribution < 1.29 is 9.53 Å². The van der Waals surface area contributed by atoms with Crippen molar-refractivity contribution >= 4 is 34.8 Å². The number of aromatic nitrogens is 2. The Balaban J connectivity index is 1.49. The second kappa shape index (κ2) is 8.35. The van der Waals surface area contributed by atoms with Gasteiger partial charge in [-0.25, -0.2) is 14.8 Å². The molecule has 1 fully saturated rings. The minimum Gasteiger partial charge on any atom is -0.490 e. The van der Waals surface area contributed by atoms with Crippen LogP contribution in [0.15, 0.2) is 30.6 Å². The van der Waals surface area contributed by atoms with Gasteiger partial charge in [0.05, 0.1) is 30.1 Å². The first-order chi connectivity index (χ1) is 12.5. The van der Waals surface area contributed by atoms with Crippen molar-refractivity contribution in [3.63, 3.8) is 0 Å². The average Bonchev–Trinajstić information content (AvgIpc) is 2.64. The molecule has 0 bridgehead atoms. The van der Waals surface area contributed by atoms with E-state index in [1.165, 1.54) is 12.4 Å². The van der Waals surface area contributed by atoms with Crippen molar-refractivity contribution in [2.45, 2.75) is 37.8 Å². The molecule has 0 aliphatic heterocycles. The molecule has 8 heteroatoms. The number of nitrogens with one attached hydrogen (secondary N) is 1. The van der Waals surface area contributed by atoms with Crippen LogP contribution in [0.3, 0.4) is 0 Å². The Morgan fingerprint density at radius 2 is 1.96 bits per heavy atom. The molecule has 0 radical (unpaired) electrons. The lowest BCUT2D eigenvalue weighted by Gasteiger charge is -2.29. The monoisotopic (exact) mass is 390 g/mol. The minimum absolute atomic E-state index is 0.0633. The van der Waals surface area contributed by atoms with E-state index in [9.17, 15) is 4.79 Å². The summed E-state index contributed by atoms with van der Waals surface area (Å²) in [7, 11) is 0. The van der Waals surface area contributed by atoms with Crippen molar-refractivity contribution in [2.24, 2.45) is 0 Å². The smallest absolute Gasteiger partial charge is 0.271 e. The van der Waals surface area contributed by atoms with Crippen LogP contribution in [0.5, 0.6) is 5.75 Å². The van der Waals surface area contributed by atoms with E-state index in [-0.39, 0.29) is 28.9 Å². The zero-order chi connectivity index (χ0) is 18.5. The molecule has 26 heavy (non-hydrogen) atoms. The number of halogens is 2. The lowest BCUT2D eigenvalue weighted by molar-refractivity contribution is 0.0888. The molecule has 1 aliphatic carbocycles. The van der Waals surface area contributed by atoms with Crippen LogP contribution >= 0.6 is 23.2 Å². The second-order valence-electron chi connectivity index (χ2n) is 6.01. The molecule has 134 valence electrons. The standard InChI is InChI=1S/C18H16Cl2N4O2/c1-21-15-7-6-13(8-14(15)19)26-12-4-2-11(3-5-12)24-18(25)16-9-23-17(20)10-22-16/h6-12H,2-5H2,(H,24,25). The van der Waals surface area contributed by atoms with Gasteiger partial charge in [0.15, 0.2) is 0 Å². The fraction of sp³-hybridized carbons (Fsp3) is 0.333. The number of nitrogens with zero attached hydrogens (tertiary/aromatic N) is 3. The molecule has 1 aromatic carbocycles. The summed E-state index contributed by atoms with van der Waals surface area (Å²) in [5, 5.41) is 3.61. The van der Waals surface area contributed by atoms with E-state index in [4.69, 9.17) is 34.5 Å². The number of amides is 1. The van der Waals surface area contributed by atoms with E-state index in [1.807, 2.05) is 0 Å². The molecule has 0 spiro atoms. The van der Waals surface area contributed by atoms with Crippen LogP contribution in [0.1, 0.15) is 36.2 Å². The number of hydrogen-bond donors (Lipinski definition) is 1. The maximum absolute atomic E-state index is 12.2. The summed E-state index contributed by atoms with van der Waals surface area (Å²) >= 11 is 11.7. The Hall–Kier alpha value is -2.36. The number of rotatable bonds is 4. The summed E-state index contributed by atoms with van der Waals surface area (Å²) in [6.07, 6.45) is 6.04. The van der Waals surface area contributed by atoms with E-state index in [0.29, 0.717) is 16.5 Å². The molecule has 3 rings (SSSR count). The van der Waals surface area contributed by atoms with Crippen LogP contribution in [-0.4, -0.2) is 28.0 Å². The summed E-state index contributed by atoms with van der Waals surface area (Å²) < 4.78 is 5.95. The fourth-order valence-corrected chi connectivity index (χ4v) is 3.17. The van der Waals surface area contributed by atoms with Crippen molar-refractivity contribution in [3.8, 4) is 5.75 Å². The van der Waals surface area contributed by atoms with E-state index in [1.54, 1.807) is 18.2 Å². The fourth-order valence-electron chi connectivity index (χ4n) is 2.86. The van der Waals surface area contributed by atoms with Gasteiger partial charge in [0, 0.05) is 6.04 Å². The number of hydrogen-bond acceptors (Lipinski definition) is 4. The van der Waals surface area contributed by atoms with Gasteiger partial charge < -0.3 is 10.1 Å². The largest absolute Gasteiger partial charge is 0.490 e. The molecular formula is C18H16Cl2N4O2. The van der Waals surface area contributed by atoms with Gasteiger partial charge in [-0.1, -0.05) is 29.3 Å². The van der Waals surface area contributed by atoms with Crippen LogP contribution in [0.25, 0.3) is 4.85 Å². The SMILES string of the molecule is [C-]#[N+]c1ccc(OC2CCC(NC(=O)c3cnc(Cl)cn3)CC2)cc1Cl. The van der Waals surface area contributed by atoms with Gasteiger partial charge in [-0.05, 0) is 37.8 Å². The van der Waals surface area contributed by atoms with Gasteiger partial charge in [0.1, 0.15) is 16.6 Å². The Bertz CT molecular complexity index is 828. The highest BCUT2D eigenvalue weighted by Gasteiger charge is 2.24. The Labute approximate surface area is 161 Å². The van der Waals surface area contributed by atoms with Crippen LogP contribution in [0, 0.1) is 6.57 Å². The van der Waals surface area contributed by atoms with Gasteiger partial charge in [0.2, 0.25) is 5.69 Å². The number of ether oxygens (including phenoxy) is 1. The van der Waals surface area contributed by atoms with E-state index in [0.717, 1.165) is 25.7 Å². The summed E-state index contributed by atoms with van der Waals surface area (Å²) in [5.41, 5.74) is 0.665. The van der Waals surface area contributed by atoms with Crippen molar-refractivity contribution in [2.75, 3.05) is 0 Å². The van der Waals surface area contributed by atoms with Crippen molar-refractivity contribution in [1.82, 2.24) is 15.3 Å². The predicted molar refractivity (Wildman–Crippen MR) is 98.9 cm³/mol. The van der Waals surface area contributed by atoms with Crippen LogP contribution in [-0.2, 0) is 0 Å². The first-order valence-corrected chi connectivity index (χ1v) is 8.93. The first kappa shape index (κ1) is 18.4. The zero-order valence-corrected chi connectivity index (χ0v) is 15.3. The summed E-state index contributed by atoms with van der Waals surface area (Å²) in [6.45, 7) is 7.01. The lowest BCUT2D eigenvalue weighted by Crippen LogP contribution is -2.40. The van der Waals surface area contributed by atoms with Gasteiger partial charge in [-0.2, -0.15) is 0 Å². The highest BCUT2D eigenvalue weighted by Crippen LogP contribution is 2.31. The third-order valence-corrected chi connectivity index (χ3v) is 4.70. The molecule has 0 atom stereocenters. The van der Waals surface area contributed by atoms with Crippen LogP contribution in [0.4, 0.5) is 5.69 Å². The molecule has 6 nitrogen and oxygen atoms in total. The highest BCUT2D eigenvalue weighted by molar-refractivity contribution is 6.33. The molecule has 1 amide bonds. The normalized spacial score (nSPS) is 19.4. The van der Waals surface area contributed by atoms with Crippen molar-refractivity contribution in [1.29, 1.82) is 0 Å². The third kappa shape index (κ3) is 4.63. The van der Waals surface area contributed by atoms with Gasteiger partial charge in [0.25, 0.3) is 5.91 Å². The summed E-state index contributed by atoms with van der Waals surface area (Å²) in [4.78, 5) is 23.3. The molecule has 1 saturated carbocycles. The van der Waals surface area contributed by atoms with Gasteiger partial charge >= 0.3 is 0 Å². The topological polar surface area (TPSA) is 68.5 Å². The van der Waals surface area contributed by atoms with Gasteiger partial charge in [-0.15, -0.1) is 0 Å². The van der Waals surface area contributed by atoms with E-state index in [2.05, 4.69) is 20.1 Å². The Kier molecular flexibility index (Phi) is 5.92. The highest BCUT2D eigenvalue weighted by atomic mass is 35.5. The molecule has 1 heterocycles. The molecular weight excluding hydrogens is 375 g/mol. The van der Waals surface area contributed by atoms with Crippen LogP contribution < -0.4 is 10.1 Å². The third-order valence-electron chi connectivity index (χ3n) is 4.20. The Morgan fingerprint density at radius 3 is 2.58 bits per heavy atom. The number of carbonyl (C=O) groups is 1. The maximum atomic E-state index is 12.2. The van der Waals surface area contributed by atoms with E-state index < -0.39 is 0 Å². The zero-order valence-electron chi connectivity index (χ0n) is 13.8.